The van der Waals surface area contributed by atoms with Gasteiger partial charge < -0.3 is 9.73 Å². The Morgan fingerprint density at radius 3 is 2.76 bits per heavy atom. The molecule has 21 heavy (non-hydrogen) atoms. The van der Waals surface area contributed by atoms with Gasteiger partial charge >= 0.3 is 0 Å². The van der Waals surface area contributed by atoms with Crippen LogP contribution in [0.25, 0.3) is 0 Å². The van der Waals surface area contributed by atoms with Gasteiger partial charge in [0.1, 0.15) is 5.76 Å². The average molecular weight is 294 g/mol. The molecule has 112 valence electrons. The predicted octanol–water partition coefficient (Wildman–Crippen LogP) is 3.02. The molecule has 2 aromatic rings. The number of hydrogen-bond acceptors (Lipinski definition) is 3. The number of amides is 1. The van der Waals surface area contributed by atoms with E-state index in [2.05, 4.69) is 5.32 Å². The zero-order chi connectivity index (χ0) is 15.2. The lowest BCUT2D eigenvalue weighted by atomic mass is 10.3. The van der Waals surface area contributed by atoms with E-state index in [9.17, 15) is 13.6 Å². The van der Waals surface area contributed by atoms with E-state index in [4.69, 9.17) is 4.42 Å². The van der Waals surface area contributed by atoms with Gasteiger partial charge in [0, 0.05) is 24.7 Å². The Labute approximate surface area is 121 Å². The highest BCUT2D eigenvalue weighted by atomic mass is 19.2. The lowest BCUT2D eigenvalue weighted by molar-refractivity contribution is -0.116. The fourth-order valence-electron chi connectivity index (χ4n) is 1.84. The average Bonchev–Trinajstić information content (AvgIpc) is 2.93. The maximum Gasteiger partial charge on any atom is 0.225 e. The van der Waals surface area contributed by atoms with E-state index in [1.807, 2.05) is 18.0 Å². The van der Waals surface area contributed by atoms with Crippen molar-refractivity contribution in [2.24, 2.45) is 0 Å². The van der Waals surface area contributed by atoms with Crippen LogP contribution >= 0.6 is 0 Å². The molecule has 1 N–H and O–H groups in total. The molecule has 0 saturated carbocycles. The highest BCUT2D eigenvalue weighted by Crippen LogP contribution is 2.13. The molecule has 0 spiro atoms. The number of rotatable bonds is 6. The van der Waals surface area contributed by atoms with Crippen LogP contribution in [0.5, 0.6) is 0 Å². The van der Waals surface area contributed by atoms with Crippen molar-refractivity contribution in [1.29, 1.82) is 0 Å². The van der Waals surface area contributed by atoms with Gasteiger partial charge in [0.2, 0.25) is 5.91 Å². The van der Waals surface area contributed by atoms with Gasteiger partial charge in [-0.05, 0) is 31.3 Å². The quantitative estimate of drug-likeness (QED) is 0.890. The Morgan fingerprint density at radius 2 is 2.10 bits per heavy atom. The minimum atomic E-state index is -0.984. The highest BCUT2D eigenvalue weighted by Gasteiger charge is 2.08. The topological polar surface area (TPSA) is 45.5 Å². The standard InChI is InChI=1S/C15H16F2N2O2/c1-19(10-12-3-2-8-21-12)7-6-15(20)18-11-4-5-13(16)14(17)9-11/h2-5,8-9H,6-7,10H2,1H3,(H,18,20). The van der Waals surface area contributed by atoms with Gasteiger partial charge in [0.25, 0.3) is 0 Å². The van der Waals surface area contributed by atoms with E-state index in [1.54, 1.807) is 12.3 Å². The number of hydrogen-bond donors (Lipinski definition) is 1. The summed E-state index contributed by atoms with van der Waals surface area (Å²) in [5.41, 5.74) is 0.243. The monoisotopic (exact) mass is 294 g/mol. The molecule has 0 aliphatic heterocycles. The Morgan fingerprint density at radius 1 is 1.29 bits per heavy atom. The molecule has 2 rings (SSSR count). The van der Waals surface area contributed by atoms with Crippen LogP contribution in [0, 0.1) is 11.6 Å². The SMILES string of the molecule is CN(CCC(=O)Nc1ccc(F)c(F)c1)Cc1ccco1. The molecule has 0 atom stereocenters. The largest absolute Gasteiger partial charge is 0.468 e. The number of carbonyl (C=O) groups excluding carboxylic acids is 1. The van der Waals surface area contributed by atoms with Crippen LogP contribution in [-0.2, 0) is 11.3 Å². The van der Waals surface area contributed by atoms with Crippen molar-refractivity contribution in [2.45, 2.75) is 13.0 Å². The van der Waals surface area contributed by atoms with Gasteiger partial charge in [-0.3, -0.25) is 9.69 Å². The van der Waals surface area contributed by atoms with Gasteiger partial charge in [-0.25, -0.2) is 8.78 Å². The van der Waals surface area contributed by atoms with Crippen molar-refractivity contribution in [3.8, 4) is 0 Å². The van der Waals surface area contributed by atoms with Gasteiger partial charge in [-0.15, -0.1) is 0 Å². The van der Waals surface area contributed by atoms with Crippen molar-refractivity contribution in [1.82, 2.24) is 4.90 Å². The molecule has 0 bridgehead atoms. The Balaban J connectivity index is 1.77. The molecule has 0 radical (unpaired) electrons. The Hall–Kier alpha value is -2.21. The van der Waals surface area contributed by atoms with Crippen molar-refractivity contribution < 1.29 is 18.0 Å². The summed E-state index contributed by atoms with van der Waals surface area (Å²) in [5.74, 6) is -1.36. The zero-order valence-corrected chi connectivity index (χ0v) is 11.6. The minimum Gasteiger partial charge on any atom is -0.468 e. The van der Waals surface area contributed by atoms with E-state index in [1.165, 1.54) is 6.07 Å². The van der Waals surface area contributed by atoms with Gasteiger partial charge in [0.05, 0.1) is 12.8 Å². The van der Waals surface area contributed by atoms with E-state index >= 15 is 0 Å². The molecule has 0 unspecified atom stereocenters. The van der Waals surface area contributed by atoms with Crippen LogP contribution in [0.15, 0.2) is 41.0 Å². The smallest absolute Gasteiger partial charge is 0.225 e. The maximum atomic E-state index is 13.0. The molecule has 4 nitrogen and oxygen atoms in total. The molecule has 0 fully saturated rings. The summed E-state index contributed by atoms with van der Waals surface area (Å²) in [4.78, 5) is 13.7. The molecule has 0 saturated heterocycles. The Kier molecular flexibility index (Phi) is 5.05. The molecule has 1 aromatic carbocycles. The van der Waals surface area contributed by atoms with Crippen LogP contribution in [0.3, 0.4) is 0 Å². The Bertz CT molecular complexity index is 600. The molecule has 0 aliphatic rings. The van der Waals surface area contributed by atoms with E-state index in [0.29, 0.717) is 13.1 Å². The van der Waals surface area contributed by atoms with Crippen LogP contribution < -0.4 is 5.32 Å². The van der Waals surface area contributed by atoms with Gasteiger partial charge in [-0.2, -0.15) is 0 Å². The van der Waals surface area contributed by atoms with E-state index < -0.39 is 11.6 Å². The molecular weight excluding hydrogens is 278 g/mol. The fourth-order valence-corrected chi connectivity index (χ4v) is 1.84. The lowest BCUT2D eigenvalue weighted by Crippen LogP contribution is -2.23. The van der Waals surface area contributed by atoms with E-state index in [0.717, 1.165) is 17.9 Å². The second-order valence-corrected chi connectivity index (χ2v) is 4.74. The van der Waals surface area contributed by atoms with Crippen molar-refractivity contribution >= 4 is 11.6 Å². The fraction of sp³-hybridized carbons (Fsp3) is 0.267. The van der Waals surface area contributed by atoms with Crippen LogP contribution in [0.4, 0.5) is 14.5 Å². The molecule has 0 aliphatic carbocycles. The summed E-state index contributed by atoms with van der Waals surface area (Å²) >= 11 is 0. The second kappa shape index (κ2) is 6.99. The number of nitrogens with zero attached hydrogens (tertiary/aromatic N) is 1. The normalized spacial score (nSPS) is 10.9. The minimum absolute atomic E-state index is 0.243. The molecular formula is C15H16F2N2O2. The summed E-state index contributed by atoms with van der Waals surface area (Å²) < 4.78 is 31.0. The summed E-state index contributed by atoms with van der Waals surface area (Å²) in [6.45, 7) is 1.13. The molecule has 1 heterocycles. The van der Waals surface area contributed by atoms with Crippen LogP contribution in [0.1, 0.15) is 12.2 Å². The van der Waals surface area contributed by atoms with Crippen LogP contribution in [0.2, 0.25) is 0 Å². The first kappa shape index (κ1) is 15.2. The maximum absolute atomic E-state index is 13.0. The number of carbonyl (C=O) groups is 1. The third kappa shape index (κ3) is 4.68. The molecule has 1 amide bonds. The first-order valence-electron chi connectivity index (χ1n) is 6.50. The first-order chi connectivity index (χ1) is 10.0. The molecule has 6 heteroatoms. The van der Waals surface area contributed by atoms with Crippen LogP contribution in [-0.4, -0.2) is 24.4 Å². The number of furan rings is 1. The van der Waals surface area contributed by atoms with E-state index in [-0.39, 0.29) is 18.0 Å². The van der Waals surface area contributed by atoms with Crippen molar-refractivity contribution in [3.63, 3.8) is 0 Å². The first-order valence-corrected chi connectivity index (χ1v) is 6.50. The summed E-state index contributed by atoms with van der Waals surface area (Å²) in [5, 5.41) is 2.53. The molecule has 1 aromatic heterocycles. The highest BCUT2D eigenvalue weighted by molar-refractivity contribution is 5.90. The third-order valence-electron chi connectivity index (χ3n) is 2.93. The van der Waals surface area contributed by atoms with Crippen molar-refractivity contribution in [2.75, 3.05) is 18.9 Å². The number of benzene rings is 1. The predicted molar refractivity (Wildman–Crippen MR) is 74.6 cm³/mol. The number of halogens is 2. The zero-order valence-electron chi connectivity index (χ0n) is 11.6. The van der Waals surface area contributed by atoms with Crippen molar-refractivity contribution in [3.05, 3.63) is 54.0 Å². The number of anilines is 1. The van der Waals surface area contributed by atoms with Gasteiger partial charge in [-0.1, -0.05) is 0 Å². The lowest BCUT2D eigenvalue weighted by Gasteiger charge is -2.14. The summed E-state index contributed by atoms with van der Waals surface area (Å²) in [6.07, 6.45) is 1.84. The number of nitrogens with one attached hydrogen (secondary N) is 1. The van der Waals surface area contributed by atoms with Gasteiger partial charge in [0.15, 0.2) is 11.6 Å². The second-order valence-electron chi connectivity index (χ2n) is 4.74. The summed E-state index contributed by atoms with van der Waals surface area (Å²) in [7, 11) is 1.87. The summed E-state index contributed by atoms with van der Waals surface area (Å²) in [6, 6.07) is 6.92. The third-order valence-corrected chi connectivity index (χ3v) is 2.93.